The molecule has 0 atom stereocenters. The summed E-state index contributed by atoms with van der Waals surface area (Å²) in [7, 11) is 0. The van der Waals surface area contributed by atoms with Crippen LogP contribution in [0, 0.1) is 0 Å². The van der Waals surface area contributed by atoms with E-state index in [-0.39, 0.29) is 5.69 Å². The Bertz CT molecular complexity index is 832. The Morgan fingerprint density at radius 3 is 3.05 bits per heavy atom. The van der Waals surface area contributed by atoms with Crippen LogP contribution in [0.4, 0.5) is 0 Å². The molecule has 0 amide bonds. The first kappa shape index (κ1) is 11.7. The number of hydrogen-bond donors (Lipinski definition) is 1. The first-order valence-electron chi connectivity index (χ1n) is 6.56. The SMILES string of the molecule is O=C(O)c1nn(-c2ccc3sccc3c2)c2c1CCC2. The lowest BCUT2D eigenvalue weighted by Gasteiger charge is -2.05. The molecule has 1 aliphatic rings. The van der Waals surface area contributed by atoms with E-state index in [0.717, 1.165) is 36.2 Å². The number of carboxylic acids is 1. The van der Waals surface area contributed by atoms with E-state index in [0.29, 0.717) is 0 Å². The van der Waals surface area contributed by atoms with Gasteiger partial charge in [0.05, 0.1) is 5.69 Å². The van der Waals surface area contributed by atoms with Crippen LogP contribution >= 0.6 is 11.3 Å². The Morgan fingerprint density at radius 1 is 1.30 bits per heavy atom. The molecule has 0 saturated carbocycles. The first-order chi connectivity index (χ1) is 9.74. The third-order valence-electron chi connectivity index (χ3n) is 3.81. The van der Waals surface area contributed by atoms with Gasteiger partial charge in [0.15, 0.2) is 5.69 Å². The summed E-state index contributed by atoms with van der Waals surface area (Å²) in [4.78, 5) is 11.3. The maximum Gasteiger partial charge on any atom is 0.356 e. The van der Waals surface area contributed by atoms with E-state index < -0.39 is 5.97 Å². The molecule has 3 aromatic rings. The molecule has 100 valence electrons. The quantitative estimate of drug-likeness (QED) is 0.785. The summed E-state index contributed by atoms with van der Waals surface area (Å²) in [5.74, 6) is -0.932. The second kappa shape index (κ2) is 4.18. The summed E-state index contributed by atoms with van der Waals surface area (Å²) in [6, 6.07) is 8.23. The van der Waals surface area contributed by atoms with Crippen LogP contribution in [0.5, 0.6) is 0 Å². The molecule has 0 fully saturated rings. The average molecular weight is 284 g/mol. The van der Waals surface area contributed by atoms with Crippen LogP contribution in [-0.4, -0.2) is 20.9 Å². The molecule has 0 aliphatic heterocycles. The molecule has 1 aliphatic carbocycles. The van der Waals surface area contributed by atoms with Crippen molar-refractivity contribution in [3.63, 3.8) is 0 Å². The number of thiophene rings is 1. The van der Waals surface area contributed by atoms with E-state index in [9.17, 15) is 9.90 Å². The van der Waals surface area contributed by atoms with Gasteiger partial charge in [-0.2, -0.15) is 5.10 Å². The highest BCUT2D eigenvalue weighted by Crippen LogP contribution is 2.29. The fourth-order valence-electron chi connectivity index (χ4n) is 2.91. The van der Waals surface area contributed by atoms with Crippen molar-refractivity contribution in [3.8, 4) is 5.69 Å². The fraction of sp³-hybridized carbons (Fsp3) is 0.200. The second-order valence-corrected chi connectivity index (χ2v) is 5.93. The zero-order valence-corrected chi connectivity index (χ0v) is 11.5. The van der Waals surface area contributed by atoms with Gasteiger partial charge in [-0.05, 0) is 54.3 Å². The predicted molar refractivity (Wildman–Crippen MR) is 77.9 cm³/mol. The summed E-state index contributed by atoms with van der Waals surface area (Å²) >= 11 is 1.70. The van der Waals surface area contributed by atoms with Crippen molar-refractivity contribution in [2.24, 2.45) is 0 Å². The van der Waals surface area contributed by atoms with Crippen molar-refractivity contribution in [3.05, 3.63) is 46.6 Å². The van der Waals surface area contributed by atoms with Crippen molar-refractivity contribution >= 4 is 27.4 Å². The summed E-state index contributed by atoms with van der Waals surface area (Å²) < 4.78 is 3.04. The Balaban J connectivity index is 1.93. The van der Waals surface area contributed by atoms with Gasteiger partial charge in [-0.1, -0.05) is 0 Å². The zero-order valence-electron chi connectivity index (χ0n) is 10.7. The van der Waals surface area contributed by atoms with Crippen LogP contribution < -0.4 is 0 Å². The molecule has 5 heteroatoms. The lowest BCUT2D eigenvalue weighted by atomic mass is 10.2. The number of aromatic nitrogens is 2. The number of carbonyl (C=O) groups is 1. The monoisotopic (exact) mass is 284 g/mol. The van der Waals surface area contributed by atoms with Gasteiger partial charge in [0.1, 0.15) is 0 Å². The largest absolute Gasteiger partial charge is 0.476 e. The minimum Gasteiger partial charge on any atom is -0.476 e. The number of rotatable bonds is 2. The highest BCUT2D eigenvalue weighted by molar-refractivity contribution is 7.17. The fourth-order valence-corrected chi connectivity index (χ4v) is 3.68. The molecule has 1 aromatic carbocycles. The maximum absolute atomic E-state index is 11.3. The van der Waals surface area contributed by atoms with Crippen LogP contribution in [0.2, 0.25) is 0 Å². The Labute approximate surface area is 119 Å². The predicted octanol–water partition coefficient (Wildman–Crippen LogP) is 3.27. The van der Waals surface area contributed by atoms with Crippen LogP contribution in [-0.2, 0) is 12.8 Å². The van der Waals surface area contributed by atoms with Gasteiger partial charge < -0.3 is 5.11 Å². The van der Waals surface area contributed by atoms with E-state index in [2.05, 4.69) is 28.7 Å². The van der Waals surface area contributed by atoms with Crippen LogP contribution in [0.15, 0.2) is 29.6 Å². The number of fused-ring (bicyclic) bond motifs is 2. The molecule has 0 unspecified atom stereocenters. The molecule has 20 heavy (non-hydrogen) atoms. The molecule has 0 spiro atoms. The Morgan fingerprint density at radius 2 is 2.20 bits per heavy atom. The molecule has 0 radical (unpaired) electrons. The van der Waals surface area contributed by atoms with Gasteiger partial charge >= 0.3 is 5.97 Å². The van der Waals surface area contributed by atoms with E-state index in [1.165, 1.54) is 10.1 Å². The number of aromatic carboxylic acids is 1. The van der Waals surface area contributed by atoms with E-state index in [1.807, 2.05) is 10.7 Å². The molecule has 0 bridgehead atoms. The van der Waals surface area contributed by atoms with Gasteiger partial charge in [0.2, 0.25) is 0 Å². The normalized spacial score (nSPS) is 13.8. The molecule has 2 aromatic heterocycles. The van der Waals surface area contributed by atoms with Crippen molar-refractivity contribution < 1.29 is 9.90 Å². The van der Waals surface area contributed by atoms with Crippen molar-refractivity contribution in [1.29, 1.82) is 0 Å². The van der Waals surface area contributed by atoms with E-state index in [1.54, 1.807) is 11.3 Å². The van der Waals surface area contributed by atoms with Crippen molar-refractivity contribution in [2.75, 3.05) is 0 Å². The molecule has 4 nitrogen and oxygen atoms in total. The topological polar surface area (TPSA) is 55.1 Å². The summed E-state index contributed by atoms with van der Waals surface area (Å²) in [5.41, 5.74) is 3.12. The molecular formula is C15H12N2O2S. The average Bonchev–Trinajstić information content (AvgIpc) is 3.12. The van der Waals surface area contributed by atoms with E-state index in [4.69, 9.17) is 0 Å². The lowest BCUT2D eigenvalue weighted by Crippen LogP contribution is -2.04. The number of benzene rings is 1. The number of carboxylic acid groups (broad SMARTS) is 1. The van der Waals surface area contributed by atoms with Crippen LogP contribution in [0.25, 0.3) is 15.8 Å². The molecule has 2 heterocycles. The third kappa shape index (κ3) is 1.59. The highest BCUT2D eigenvalue weighted by atomic mass is 32.1. The highest BCUT2D eigenvalue weighted by Gasteiger charge is 2.26. The molecule has 0 saturated heterocycles. The summed E-state index contributed by atoms with van der Waals surface area (Å²) in [5, 5.41) is 16.8. The van der Waals surface area contributed by atoms with Gasteiger partial charge in [0, 0.05) is 16.0 Å². The molecular weight excluding hydrogens is 272 g/mol. The first-order valence-corrected chi connectivity index (χ1v) is 7.44. The Kier molecular flexibility index (Phi) is 2.44. The van der Waals surface area contributed by atoms with Gasteiger partial charge in [-0.3, -0.25) is 0 Å². The van der Waals surface area contributed by atoms with Crippen molar-refractivity contribution in [1.82, 2.24) is 9.78 Å². The van der Waals surface area contributed by atoms with Crippen LogP contribution in [0.3, 0.4) is 0 Å². The summed E-state index contributed by atoms with van der Waals surface area (Å²) in [6.45, 7) is 0. The minimum absolute atomic E-state index is 0.211. The Hall–Kier alpha value is -2.14. The molecule has 1 N–H and O–H groups in total. The van der Waals surface area contributed by atoms with Gasteiger partial charge in [-0.25, -0.2) is 9.48 Å². The zero-order chi connectivity index (χ0) is 13.7. The maximum atomic E-state index is 11.3. The standard InChI is InChI=1S/C15H12N2O2S/c18-15(19)14-11-2-1-3-12(11)17(16-14)10-4-5-13-9(8-10)6-7-20-13/h4-8H,1-3H2,(H,18,19). The minimum atomic E-state index is -0.932. The second-order valence-electron chi connectivity index (χ2n) is 4.99. The van der Waals surface area contributed by atoms with Gasteiger partial charge in [0.25, 0.3) is 0 Å². The van der Waals surface area contributed by atoms with Crippen LogP contribution in [0.1, 0.15) is 28.2 Å². The smallest absolute Gasteiger partial charge is 0.356 e. The third-order valence-corrected chi connectivity index (χ3v) is 4.71. The molecule has 4 rings (SSSR count). The van der Waals surface area contributed by atoms with Gasteiger partial charge in [-0.15, -0.1) is 11.3 Å². The number of hydrogen-bond acceptors (Lipinski definition) is 3. The number of nitrogens with zero attached hydrogens (tertiary/aromatic N) is 2. The van der Waals surface area contributed by atoms with Crippen molar-refractivity contribution in [2.45, 2.75) is 19.3 Å². The van der Waals surface area contributed by atoms with E-state index >= 15 is 0 Å². The lowest BCUT2D eigenvalue weighted by molar-refractivity contribution is 0.0689. The summed E-state index contributed by atoms with van der Waals surface area (Å²) in [6.07, 6.45) is 2.73.